The smallest absolute Gasteiger partial charge is 0.297 e. The first-order valence-corrected chi connectivity index (χ1v) is 8.77. The van der Waals surface area contributed by atoms with Gasteiger partial charge < -0.3 is 4.74 Å². The molecule has 0 fully saturated rings. The van der Waals surface area contributed by atoms with Gasteiger partial charge in [0.1, 0.15) is 0 Å². The molecule has 118 valence electrons. The number of hydrogen-bond acceptors (Lipinski definition) is 4. The summed E-state index contributed by atoms with van der Waals surface area (Å²) in [6, 6.07) is 15.0. The predicted octanol–water partition coefficient (Wildman–Crippen LogP) is 3.76. The van der Waals surface area contributed by atoms with Gasteiger partial charge in [-0.05, 0) is 36.8 Å². The van der Waals surface area contributed by atoms with E-state index in [2.05, 4.69) is 15.9 Å². The van der Waals surface area contributed by atoms with Crippen LogP contribution in [0.5, 0.6) is 0 Å². The van der Waals surface area contributed by atoms with Crippen LogP contribution in [0.1, 0.15) is 15.2 Å². The van der Waals surface area contributed by atoms with Gasteiger partial charge in [0, 0.05) is 4.47 Å². The van der Waals surface area contributed by atoms with Gasteiger partial charge in [-0.2, -0.15) is 8.42 Å². The van der Waals surface area contributed by atoms with Gasteiger partial charge in [-0.25, -0.2) is 0 Å². The third kappa shape index (κ3) is 5.21. The SMILES string of the molecule is [2H]C([2H])(OS(=O)(=O)c1ccc(Br)cc1)[C@@H](C)OCc1ccccc1. The first-order chi connectivity index (χ1) is 11.2. The third-order valence-corrected chi connectivity index (χ3v) is 4.46. The molecule has 4 nitrogen and oxygen atoms in total. The van der Waals surface area contributed by atoms with Crippen molar-refractivity contribution >= 4 is 26.0 Å². The second kappa shape index (κ2) is 7.87. The number of halogens is 1. The Kier molecular flexibility index (Phi) is 5.15. The highest BCUT2D eigenvalue weighted by Gasteiger charge is 2.16. The minimum atomic E-state index is -4.24. The largest absolute Gasteiger partial charge is 0.371 e. The van der Waals surface area contributed by atoms with E-state index in [-0.39, 0.29) is 11.5 Å². The minimum Gasteiger partial charge on any atom is -0.371 e. The molecule has 22 heavy (non-hydrogen) atoms. The van der Waals surface area contributed by atoms with Crippen LogP contribution >= 0.6 is 15.9 Å². The molecular formula is C16H17BrO4S. The van der Waals surface area contributed by atoms with Crippen molar-refractivity contribution in [2.45, 2.75) is 24.5 Å². The van der Waals surface area contributed by atoms with Gasteiger partial charge in [0.15, 0.2) is 0 Å². The summed E-state index contributed by atoms with van der Waals surface area (Å²) in [4.78, 5) is -0.121. The van der Waals surface area contributed by atoms with Crippen molar-refractivity contribution < 1.29 is 20.1 Å². The molecule has 0 unspecified atom stereocenters. The lowest BCUT2D eigenvalue weighted by Crippen LogP contribution is -2.19. The van der Waals surface area contributed by atoms with E-state index in [1.54, 1.807) is 12.1 Å². The normalized spacial score (nSPS) is 15.0. The first kappa shape index (κ1) is 14.4. The van der Waals surface area contributed by atoms with Crippen molar-refractivity contribution in [1.82, 2.24) is 0 Å². The van der Waals surface area contributed by atoms with Gasteiger partial charge in [-0.15, -0.1) is 0 Å². The van der Waals surface area contributed by atoms with Gasteiger partial charge in [0.25, 0.3) is 10.1 Å². The van der Waals surface area contributed by atoms with Crippen LogP contribution in [-0.2, 0) is 25.6 Å². The van der Waals surface area contributed by atoms with Crippen LogP contribution in [0.4, 0.5) is 0 Å². The topological polar surface area (TPSA) is 52.6 Å². The lowest BCUT2D eigenvalue weighted by molar-refractivity contribution is 0.0229. The molecule has 0 aliphatic carbocycles. The van der Waals surface area contributed by atoms with Gasteiger partial charge in [0.2, 0.25) is 0 Å². The van der Waals surface area contributed by atoms with E-state index < -0.39 is 22.8 Å². The summed E-state index contributed by atoms with van der Waals surface area (Å²) in [5.41, 5.74) is 0.857. The summed E-state index contributed by atoms with van der Waals surface area (Å²) in [7, 11) is -4.24. The van der Waals surface area contributed by atoms with Crippen LogP contribution in [-0.4, -0.2) is 21.1 Å². The molecule has 1 atom stereocenters. The van der Waals surface area contributed by atoms with Crippen molar-refractivity contribution in [1.29, 1.82) is 0 Å². The summed E-state index contributed by atoms with van der Waals surface area (Å²) in [5.74, 6) is 0. The van der Waals surface area contributed by atoms with E-state index in [9.17, 15) is 8.42 Å². The molecule has 0 bridgehead atoms. The third-order valence-electron chi connectivity index (χ3n) is 2.77. The van der Waals surface area contributed by atoms with Crippen molar-refractivity contribution in [3.63, 3.8) is 0 Å². The summed E-state index contributed by atoms with van der Waals surface area (Å²) in [6.45, 7) is -0.913. The van der Waals surface area contributed by atoms with Crippen LogP contribution in [0, 0.1) is 0 Å². The lowest BCUT2D eigenvalue weighted by atomic mass is 10.2. The molecule has 0 aromatic heterocycles. The van der Waals surface area contributed by atoms with Crippen LogP contribution in [0.15, 0.2) is 64.0 Å². The molecule has 0 heterocycles. The van der Waals surface area contributed by atoms with E-state index in [4.69, 9.17) is 11.7 Å². The standard InChI is InChI=1S/C16H17BrO4S/c1-13(20-12-14-5-3-2-4-6-14)11-21-22(18,19)16-9-7-15(17)8-10-16/h2-10,13H,11-12H2,1H3/t13-/m1/s1/i11D2. The fourth-order valence-electron chi connectivity index (χ4n) is 1.61. The zero-order chi connectivity index (χ0) is 17.8. The second-order valence-electron chi connectivity index (χ2n) is 4.55. The van der Waals surface area contributed by atoms with Crippen LogP contribution in [0.25, 0.3) is 0 Å². The summed E-state index contributed by atoms with van der Waals surface area (Å²) < 4.78 is 51.1. The molecule has 6 heteroatoms. The molecule has 0 saturated carbocycles. The maximum Gasteiger partial charge on any atom is 0.297 e. The van der Waals surface area contributed by atoms with Gasteiger partial charge >= 0.3 is 0 Å². The Morgan fingerprint density at radius 1 is 1.14 bits per heavy atom. The molecule has 0 amide bonds. The molecule has 2 rings (SSSR count). The molecule has 2 aromatic rings. The highest BCUT2D eigenvalue weighted by atomic mass is 79.9. The molecule has 0 saturated heterocycles. The summed E-state index contributed by atoms with van der Waals surface area (Å²) in [6.07, 6.45) is -1.08. The Hall–Kier alpha value is -1.21. The van der Waals surface area contributed by atoms with E-state index in [1.807, 2.05) is 30.3 Å². The minimum absolute atomic E-state index is 0.121. The Bertz CT molecular complexity index is 764. The molecule has 0 aliphatic heterocycles. The summed E-state index contributed by atoms with van der Waals surface area (Å²) in [5, 5.41) is 0. The number of benzene rings is 2. The average Bonchev–Trinajstić information content (AvgIpc) is 2.53. The Balaban J connectivity index is 2.04. The van der Waals surface area contributed by atoms with Gasteiger partial charge in [-0.1, -0.05) is 46.3 Å². The molecule has 0 radical (unpaired) electrons. The maximum atomic E-state index is 12.2. The monoisotopic (exact) mass is 386 g/mol. The highest BCUT2D eigenvalue weighted by Crippen LogP contribution is 2.17. The molecule has 0 N–H and O–H groups in total. The summed E-state index contributed by atoms with van der Waals surface area (Å²) >= 11 is 3.21. The Labute approximate surface area is 142 Å². The number of ether oxygens (including phenoxy) is 1. The lowest BCUT2D eigenvalue weighted by Gasteiger charge is -2.13. The van der Waals surface area contributed by atoms with Gasteiger partial charge in [-0.3, -0.25) is 4.18 Å². The quantitative estimate of drug-likeness (QED) is 0.679. The first-order valence-electron chi connectivity index (χ1n) is 7.57. The van der Waals surface area contributed by atoms with Crippen molar-refractivity contribution in [2.24, 2.45) is 0 Å². The van der Waals surface area contributed by atoms with Crippen molar-refractivity contribution in [2.75, 3.05) is 6.56 Å². The van der Waals surface area contributed by atoms with Crippen molar-refractivity contribution in [3.8, 4) is 0 Å². The van der Waals surface area contributed by atoms with Gasteiger partial charge in [0.05, 0.1) is 26.9 Å². The van der Waals surface area contributed by atoms with Crippen LogP contribution in [0.2, 0.25) is 0 Å². The average molecular weight is 387 g/mol. The highest BCUT2D eigenvalue weighted by molar-refractivity contribution is 9.10. The number of hydrogen-bond donors (Lipinski definition) is 0. The fourth-order valence-corrected chi connectivity index (χ4v) is 2.70. The van der Waals surface area contributed by atoms with Crippen LogP contribution < -0.4 is 0 Å². The fraction of sp³-hybridized carbons (Fsp3) is 0.250. The van der Waals surface area contributed by atoms with Crippen molar-refractivity contribution in [3.05, 3.63) is 64.6 Å². The number of rotatable bonds is 7. The molecule has 0 aliphatic rings. The second-order valence-corrected chi connectivity index (χ2v) is 7.01. The van der Waals surface area contributed by atoms with E-state index >= 15 is 0 Å². The van der Waals surface area contributed by atoms with E-state index in [1.165, 1.54) is 19.1 Å². The predicted molar refractivity (Wildman–Crippen MR) is 88.0 cm³/mol. The zero-order valence-electron chi connectivity index (χ0n) is 13.9. The Morgan fingerprint density at radius 3 is 2.41 bits per heavy atom. The zero-order valence-corrected chi connectivity index (χ0v) is 14.3. The van der Waals surface area contributed by atoms with E-state index in [0.717, 1.165) is 5.56 Å². The molecule has 2 aromatic carbocycles. The van der Waals surface area contributed by atoms with Crippen LogP contribution in [0.3, 0.4) is 0 Å². The van der Waals surface area contributed by atoms with E-state index in [0.29, 0.717) is 4.47 Å². The maximum absolute atomic E-state index is 12.2. The Morgan fingerprint density at radius 2 is 1.77 bits per heavy atom. The molecular weight excluding hydrogens is 368 g/mol. The molecule has 0 spiro atoms.